The minimum Gasteiger partial charge on any atom is -0.0869 e. The van der Waals surface area contributed by atoms with Crippen molar-refractivity contribution in [2.45, 2.75) is 50.7 Å². The minimum atomic E-state index is 0.556. The zero-order valence-electron chi connectivity index (χ0n) is 10.6. The third kappa shape index (κ3) is 1.89. The topological polar surface area (TPSA) is 0 Å². The Labute approximate surface area is 96.4 Å². The molecule has 0 atom stereocenters. The average Bonchev–Trinajstić information content (AvgIpc) is 2.08. The van der Waals surface area contributed by atoms with E-state index in [9.17, 15) is 0 Å². The van der Waals surface area contributed by atoms with Gasteiger partial charge < -0.3 is 0 Å². The Hall–Kier alpha value is 0.130. The Morgan fingerprint density at radius 3 is 1.80 bits per heavy atom. The Kier molecular flexibility index (Phi) is 2.27. The van der Waals surface area contributed by atoms with Crippen molar-refractivity contribution in [1.82, 2.24) is 0 Å². The molecule has 0 heterocycles. The van der Waals surface area contributed by atoms with Crippen LogP contribution in [0.15, 0.2) is 0 Å². The molecule has 4 fully saturated rings. The quantitative estimate of drug-likeness (QED) is 0.599. The van der Waals surface area contributed by atoms with E-state index in [2.05, 4.69) is 22.6 Å². The van der Waals surface area contributed by atoms with Crippen molar-refractivity contribution in [2.75, 3.05) is 0 Å². The fourth-order valence-electron chi connectivity index (χ4n) is 5.08. The van der Waals surface area contributed by atoms with Gasteiger partial charge in [-0.15, -0.1) is 0 Å². The molecule has 0 N–H and O–H groups in total. The van der Waals surface area contributed by atoms with Crippen LogP contribution in [0.2, 0.25) is 5.21 Å². The Morgan fingerprint density at radius 1 is 0.933 bits per heavy atom. The standard InChI is InChI=1S/C13H24B2/c1-13(14,15)7-12-10-3-8-2-9(5-10)6-11(12)4-8/h8-12H,2-7,14-15H2,1H3. The zero-order valence-corrected chi connectivity index (χ0v) is 10.6. The predicted molar refractivity (Wildman–Crippen MR) is 70.6 cm³/mol. The maximum Gasteiger partial charge on any atom is 0.0988 e. The van der Waals surface area contributed by atoms with Gasteiger partial charge in [-0.2, -0.15) is 0 Å². The summed E-state index contributed by atoms with van der Waals surface area (Å²) in [6, 6.07) is 0. The highest BCUT2D eigenvalue weighted by atomic mass is 14.5. The van der Waals surface area contributed by atoms with E-state index in [1.54, 1.807) is 32.1 Å². The molecule has 4 saturated carbocycles. The summed E-state index contributed by atoms with van der Waals surface area (Å²) in [7, 11) is 4.86. The van der Waals surface area contributed by atoms with Crippen LogP contribution in [0.4, 0.5) is 0 Å². The Bertz CT molecular complexity index is 226. The lowest BCUT2D eigenvalue weighted by Crippen LogP contribution is -2.46. The number of rotatable bonds is 2. The molecule has 82 valence electrons. The maximum atomic E-state index is 2.43. The van der Waals surface area contributed by atoms with Crippen molar-refractivity contribution in [3.63, 3.8) is 0 Å². The van der Waals surface area contributed by atoms with E-state index in [1.807, 2.05) is 0 Å². The van der Waals surface area contributed by atoms with E-state index in [0.717, 1.165) is 29.6 Å². The third-order valence-corrected chi connectivity index (χ3v) is 5.27. The Balaban J connectivity index is 1.75. The van der Waals surface area contributed by atoms with Crippen LogP contribution in [0, 0.1) is 29.6 Å². The van der Waals surface area contributed by atoms with Crippen LogP contribution in [0.5, 0.6) is 0 Å². The van der Waals surface area contributed by atoms with Crippen LogP contribution in [-0.4, -0.2) is 15.7 Å². The molecule has 0 radical (unpaired) electrons. The van der Waals surface area contributed by atoms with Crippen molar-refractivity contribution in [1.29, 1.82) is 0 Å². The molecule has 4 aliphatic carbocycles. The van der Waals surface area contributed by atoms with Gasteiger partial charge in [0.05, 0.1) is 15.7 Å². The van der Waals surface area contributed by atoms with Crippen LogP contribution in [-0.2, 0) is 0 Å². The Morgan fingerprint density at radius 2 is 1.40 bits per heavy atom. The van der Waals surface area contributed by atoms with E-state index < -0.39 is 0 Å². The second-order valence-electron chi connectivity index (χ2n) is 7.86. The van der Waals surface area contributed by atoms with E-state index in [1.165, 1.54) is 6.42 Å². The summed E-state index contributed by atoms with van der Waals surface area (Å²) in [5.41, 5.74) is 0. The highest BCUT2D eigenvalue weighted by Gasteiger charge is 2.48. The number of hydrogen-bond acceptors (Lipinski definition) is 0. The highest BCUT2D eigenvalue weighted by molar-refractivity contribution is 6.39. The van der Waals surface area contributed by atoms with Gasteiger partial charge in [-0.1, -0.05) is 18.6 Å². The van der Waals surface area contributed by atoms with Crippen LogP contribution in [0.3, 0.4) is 0 Å². The lowest BCUT2D eigenvalue weighted by molar-refractivity contribution is -0.0409. The van der Waals surface area contributed by atoms with Crippen LogP contribution in [0.25, 0.3) is 0 Å². The normalized spacial score (nSPS) is 48.5. The van der Waals surface area contributed by atoms with Gasteiger partial charge in [0.25, 0.3) is 0 Å². The second kappa shape index (κ2) is 3.31. The monoisotopic (exact) mass is 202 g/mol. The molecule has 0 spiro atoms. The molecule has 0 aromatic heterocycles. The van der Waals surface area contributed by atoms with Crippen LogP contribution < -0.4 is 0 Å². The van der Waals surface area contributed by atoms with Gasteiger partial charge in [-0.05, 0) is 61.7 Å². The molecule has 0 amide bonds. The van der Waals surface area contributed by atoms with Crippen molar-refractivity contribution in [2.24, 2.45) is 29.6 Å². The second-order valence-corrected chi connectivity index (χ2v) is 7.86. The molecule has 0 saturated heterocycles. The van der Waals surface area contributed by atoms with Gasteiger partial charge in [-0.3, -0.25) is 0 Å². The summed E-state index contributed by atoms with van der Waals surface area (Å²) >= 11 is 0. The van der Waals surface area contributed by atoms with Crippen molar-refractivity contribution in [3.05, 3.63) is 0 Å². The van der Waals surface area contributed by atoms with E-state index in [0.29, 0.717) is 5.21 Å². The van der Waals surface area contributed by atoms with Crippen LogP contribution >= 0.6 is 0 Å². The van der Waals surface area contributed by atoms with Gasteiger partial charge in [0.2, 0.25) is 0 Å². The molecule has 0 aromatic rings. The largest absolute Gasteiger partial charge is 0.0988 e. The van der Waals surface area contributed by atoms with Gasteiger partial charge in [0, 0.05) is 0 Å². The molecule has 0 unspecified atom stereocenters. The first-order valence-corrected chi connectivity index (χ1v) is 7.01. The SMILES string of the molecule is BC(B)(C)CC1C2CC3CC(C2)CC1C3. The lowest BCUT2D eigenvalue weighted by Gasteiger charge is -2.55. The van der Waals surface area contributed by atoms with Gasteiger partial charge in [0.15, 0.2) is 0 Å². The van der Waals surface area contributed by atoms with Gasteiger partial charge >= 0.3 is 0 Å². The summed E-state index contributed by atoms with van der Waals surface area (Å²) in [6.07, 6.45) is 9.44. The molecule has 2 heteroatoms. The molecule has 4 rings (SSSR count). The smallest absolute Gasteiger partial charge is 0.0869 e. The van der Waals surface area contributed by atoms with E-state index in [-0.39, 0.29) is 0 Å². The summed E-state index contributed by atoms with van der Waals surface area (Å²) in [6.45, 7) is 2.43. The van der Waals surface area contributed by atoms with Crippen molar-refractivity contribution in [3.8, 4) is 0 Å². The third-order valence-electron chi connectivity index (χ3n) is 5.27. The summed E-state index contributed by atoms with van der Waals surface area (Å²) in [5.74, 6) is 5.63. The fraction of sp³-hybridized carbons (Fsp3) is 1.00. The average molecular weight is 202 g/mol. The zero-order chi connectivity index (χ0) is 10.6. The van der Waals surface area contributed by atoms with Gasteiger partial charge in [0.1, 0.15) is 0 Å². The first kappa shape index (κ1) is 10.3. The molecule has 4 bridgehead atoms. The summed E-state index contributed by atoms with van der Waals surface area (Å²) in [5, 5.41) is 0.556. The predicted octanol–water partition coefficient (Wildman–Crippen LogP) is 1.85. The molecule has 0 nitrogen and oxygen atoms in total. The molecule has 0 aromatic carbocycles. The lowest BCUT2D eigenvalue weighted by atomic mass is 9.45. The molecular formula is C13H24B2. The first-order chi connectivity index (χ1) is 7.01. The molecule has 15 heavy (non-hydrogen) atoms. The molecule has 4 aliphatic rings. The summed E-state index contributed by atoms with van der Waals surface area (Å²) in [4.78, 5) is 0. The number of hydrogen-bond donors (Lipinski definition) is 0. The van der Waals surface area contributed by atoms with Crippen molar-refractivity contribution >= 4 is 15.7 Å². The highest BCUT2D eigenvalue weighted by Crippen LogP contribution is 2.58. The molecule has 0 aliphatic heterocycles. The van der Waals surface area contributed by atoms with Gasteiger partial charge in [-0.25, -0.2) is 0 Å². The maximum absolute atomic E-state index is 2.43. The van der Waals surface area contributed by atoms with Crippen molar-refractivity contribution < 1.29 is 0 Å². The first-order valence-electron chi connectivity index (χ1n) is 7.01. The summed E-state index contributed by atoms with van der Waals surface area (Å²) < 4.78 is 0. The van der Waals surface area contributed by atoms with Crippen LogP contribution in [0.1, 0.15) is 45.4 Å². The molecular weight excluding hydrogens is 178 g/mol. The minimum absolute atomic E-state index is 0.556. The van der Waals surface area contributed by atoms with E-state index >= 15 is 0 Å². The fourth-order valence-corrected chi connectivity index (χ4v) is 5.08. The van der Waals surface area contributed by atoms with E-state index in [4.69, 9.17) is 0 Å².